The number of phenols is 1. The van der Waals surface area contributed by atoms with Gasteiger partial charge in [-0.2, -0.15) is 0 Å². The van der Waals surface area contributed by atoms with E-state index in [1.807, 2.05) is 12.1 Å². The van der Waals surface area contributed by atoms with Crippen molar-refractivity contribution in [3.05, 3.63) is 69.3 Å². The number of anilines is 1. The zero-order valence-corrected chi connectivity index (χ0v) is 13.6. The van der Waals surface area contributed by atoms with E-state index in [1.54, 1.807) is 12.1 Å². The molecule has 0 saturated carbocycles. The zero-order valence-electron chi connectivity index (χ0n) is 11.5. The summed E-state index contributed by atoms with van der Waals surface area (Å²) >= 11 is 2.38. The predicted octanol–water partition coefficient (Wildman–Crippen LogP) is 4.82. The molecule has 106 valence electrons. The van der Waals surface area contributed by atoms with E-state index < -0.39 is 0 Å². The van der Waals surface area contributed by atoms with E-state index in [1.165, 1.54) is 20.4 Å². The molecular weight excluding hydrogens is 373 g/mol. The molecule has 2 aromatic carbocycles. The minimum absolute atomic E-state index is 0.304. The second-order valence-corrected chi connectivity index (χ2v) is 7.04. The van der Waals surface area contributed by atoms with Crippen molar-refractivity contribution in [1.29, 1.82) is 0 Å². The first-order chi connectivity index (χ1) is 10.2. The maximum Gasteiger partial charge on any atom is 0.115 e. The van der Waals surface area contributed by atoms with E-state index in [2.05, 4.69) is 58.3 Å². The normalized spacial score (nSPS) is 26.0. The Morgan fingerprint density at radius 3 is 2.71 bits per heavy atom. The largest absolute Gasteiger partial charge is 0.508 e. The van der Waals surface area contributed by atoms with Crippen LogP contribution in [0.15, 0.2) is 54.6 Å². The van der Waals surface area contributed by atoms with Crippen LogP contribution in [0, 0.1) is 9.49 Å². The van der Waals surface area contributed by atoms with Gasteiger partial charge in [0.15, 0.2) is 0 Å². The van der Waals surface area contributed by atoms with Crippen molar-refractivity contribution in [2.24, 2.45) is 5.92 Å². The lowest BCUT2D eigenvalue weighted by Crippen LogP contribution is -2.29. The van der Waals surface area contributed by atoms with Gasteiger partial charge in [0.25, 0.3) is 0 Å². The van der Waals surface area contributed by atoms with Gasteiger partial charge in [-0.1, -0.05) is 24.3 Å². The molecule has 2 aromatic rings. The summed E-state index contributed by atoms with van der Waals surface area (Å²) in [5.74, 6) is 1.38. The zero-order chi connectivity index (χ0) is 14.4. The second-order valence-electron chi connectivity index (χ2n) is 5.80. The molecule has 1 aliphatic heterocycles. The van der Waals surface area contributed by atoms with Gasteiger partial charge >= 0.3 is 0 Å². The van der Waals surface area contributed by atoms with Crippen molar-refractivity contribution >= 4 is 28.3 Å². The topological polar surface area (TPSA) is 32.3 Å². The number of aromatic hydroxyl groups is 1. The molecular formula is C18H16INO. The molecule has 1 aliphatic carbocycles. The standard InChI is InChI=1S/C18H16INO/c19-12-6-9-17-16(10-12)14-2-1-3-15(14)18(20-17)11-4-7-13(21)8-5-11/h1-2,4-10,14-15,18,20-21H,3H2. The average Bonchev–Trinajstić information content (AvgIpc) is 2.97. The van der Waals surface area contributed by atoms with Crippen LogP contribution in [-0.2, 0) is 0 Å². The molecule has 3 heteroatoms. The molecule has 0 radical (unpaired) electrons. The smallest absolute Gasteiger partial charge is 0.115 e. The molecule has 0 amide bonds. The van der Waals surface area contributed by atoms with Gasteiger partial charge in [0, 0.05) is 15.2 Å². The van der Waals surface area contributed by atoms with E-state index >= 15 is 0 Å². The van der Waals surface area contributed by atoms with Gasteiger partial charge in [0.2, 0.25) is 0 Å². The van der Waals surface area contributed by atoms with Crippen LogP contribution in [0.2, 0.25) is 0 Å². The van der Waals surface area contributed by atoms with E-state index in [-0.39, 0.29) is 0 Å². The van der Waals surface area contributed by atoms with Crippen LogP contribution >= 0.6 is 22.6 Å². The number of rotatable bonds is 1. The van der Waals surface area contributed by atoms with Crippen LogP contribution in [-0.4, -0.2) is 5.11 Å². The molecule has 3 atom stereocenters. The molecule has 0 saturated heterocycles. The molecule has 4 rings (SSSR count). The maximum atomic E-state index is 9.50. The second kappa shape index (κ2) is 5.05. The minimum Gasteiger partial charge on any atom is -0.508 e. The van der Waals surface area contributed by atoms with Crippen molar-refractivity contribution in [2.45, 2.75) is 18.4 Å². The first kappa shape index (κ1) is 13.2. The van der Waals surface area contributed by atoms with Crippen LogP contribution in [0.4, 0.5) is 5.69 Å². The van der Waals surface area contributed by atoms with Crippen molar-refractivity contribution in [1.82, 2.24) is 0 Å². The number of nitrogens with one attached hydrogen (secondary N) is 1. The number of benzene rings is 2. The lowest BCUT2D eigenvalue weighted by molar-refractivity contribution is 0.424. The van der Waals surface area contributed by atoms with E-state index in [9.17, 15) is 5.11 Å². The van der Waals surface area contributed by atoms with Crippen LogP contribution in [0.25, 0.3) is 0 Å². The molecule has 3 unspecified atom stereocenters. The third-order valence-electron chi connectivity index (χ3n) is 4.58. The van der Waals surface area contributed by atoms with E-state index in [0.717, 1.165) is 6.42 Å². The average molecular weight is 389 g/mol. The third kappa shape index (κ3) is 2.24. The summed E-state index contributed by atoms with van der Waals surface area (Å²) in [4.78, 5) is 0. The molecule has 2 nitrogen and oxygen atoms in total. The van der Waals surface area contributed by atoms with Crippen LogP contribution < -0.4 is 5.32 Å². The van der Waals surface area contributed by atoms with Gasteiger partial charge < -0.3 is 10.4 Å². The summed E-state index contributed by atoms with van der Waals surface area (Å²) in [6.45, 7) is 0. The molecule has 1 heterocycles. The highest BCUT2D eigenvalue weighted by Crippen LogP contribution is 2.50. The number of fused-ring (bicyclic) bond motifs is 3. The first-order valence-electron chi connectivity index (χ1n) is 7.24. The van der Waals surface area contributed by atoms with Crippen LogP contribution in [0.3, 0.4) is 0 Å². The highest BCUT2D eigenvalue weighted by molar-refractivity contribution is 14.1. The highest BCUT2D eigenvalue weighted by atomic mass is 127. The summed E-state index contributed by atoms with van der Waals surface area (Å²) in [5, 5.41) is 13.2. The summed E-state index contributed by atoms with van der Waals surface area (Å²) in [6.07, 6.45) is 5.77. The monoisotopic (exact) mass is 389 g/mol. The SMILES string of the molecule is Oc1ccc(C2Nc3ccc(I)cc3C3C=CCC32)cc1. The minimum atomic E-state index is 0.304. The molecule has 0 spiro atoms. The van der Waals surface area contributed by atoms with Gasteiger partial charge in [-0.05, 0) is 76.4 Å². The Labute approximate surface area is 138 Å². The summed E-state index contributed by atoms with van der Waals surface area (Å²) in [5.41, 5.74) is 3.90. The highest BCUT2D eigenvalue weighted by Gasteiger charge is 2.37. The van der Waals surface area contributed by atoms with Gasteiger partial charge in [-0.15, -0.1) is 0 Å². The molecule has 0 aromatic heterocycles. The Bertz CT molecular complexity index is 708. The molecule has 21 heavy (non-hydrogen) atoms. The Balaban J connectivity index is 1.78. The summed E-state index contributed by atoms with van der Waals surface area (Å²) < 4.78 is 1.29. The Hall–Kier alpha value is -1.49. The van der Waals surface area contributed by atoms with Gasteiger partial charge in [0.1, 0.15) is 5.75 Å². The lowest BCUT2D eigenvalue weighted by atomic mass is 9.77. The Kier molecular flexibility index (Phi) is 3.17. The van der Waals surface area contributed by atoms with Crippen molar-refractivity contribution in [3.63, 3.8) is 0 Å². The molecule has 2 N–H and O–H groups in total. The summed E-state index contributed by atoms with van der Waals surface area (Å²) in [6, 6.07) is 14.5. The molecule has 0 fully saturated rings. The number of phenolic OH excluding ortho intramolecular Hbond substituents is 1. The number of halogens is 1. The first-order valence-corrected chi connectivity index (χ1v) is 8.32. The van der Waals surface area contributed by atoms with Gasteiger partial charge in [0.05, 0.1) is 6.04 Å². The molecule has 0 bridgehead atoms. The van der Waals surface area contributed by atoms with E-state index in [0.29, 0.717) is 23.6 Å². The van der Waals surface area contributed by atoms with Crippen molar-refractivity contribution in [3.8, 4) is 5.75 Å². The van der Waals surface area contributed by atoms with Crippen LogP contribution in [0.1, 0.15) is 29.5 Å². The van der Waals surface area contributed by atoms with Crippen molar-refractivity contribution in [2.75, 3.05) is 5.32 Å². The number of hydrogen-bond acceptors (Lipinski definition) is 2. The Morgan fingerprint density at radius 2 is 1.90 bits per heavy atom. The number of hydrogen-bond donors (Lipinski definition) is 2. The quantitative estimate of drug-likeness (QED) is 0.541. The van der Waals surface area contributed by atoms with E-state index in [4.69, 9.17) is 0 Å². The fourth-order valence-electron chi connectivity index (χ4n) is 3.58. The lowest BCUT2D eigenvalue weighted by Gasteiger charge is -2.37. The van der Waals surface area contributed by atoms with Crippen molar-refractivity contribution < 1.29 is 5.11 Å². The molecule has 2 aliphatic rings. The maximum absolute atomic E-state index is 9.50. The summed E-state index contributed by atoms with van der Waals surface area (Å²) in [7, 11) is 0. The predicted molar refractivity (Wildman–Crippen MR) is 93.6 cm³/mol. The third-order valence-corrected chi connectivity index (χ3v) is 5.25. The number of allylic oxidation sites excluding steroid dienone is 2. The fraction of sp³-hybridized carbons (Fsp3) is 0.222. The van der Waals surface area contributed by atoms with Gasteiger partial charge in [-0.3, -0.25) is 0 Å². The van der Waals surface area contributed by atoms with Crippen LogP contribution in [0.5, 0.6) is 5.75 Å². The van der Waals surface area contributed by atoms with Gasteiger partial charge in [-0.25, -0.2) is 0 Å². The fourth-order valence-corrected chi connectivity index (χ4v) is 4.09. The Morgan fingerprint density at radius 1 is 1.10 bits per heavy atom.